The van der Waals surface area contributed by atoms with Crippen LogP contribution in [0.2, 0.25) is 0 Å². The number of aromatic nitrogens is 2. The van der Waals surface area contributed by atoms with Crippen molar-refractivity contribution >= 4 is 11.8 Å². The Bertz CT molecular complexity index is 967. The Kier molecular flexibility index (Phi) is 5.44. The monoisotopic (exact) mass is 386 g/mol. The Morgan fingerprint density at radius 1 is 1.46 bits per heavy atom. The maximum absolute atomic E-state index is 14.0. The maximum Gasteiger partial charge on any atom is 0.269 e. The van der Waals surface area contributed by atoms with E-state index in [0.717, 1.165) is 0 Å². The van der Waals surface area contributed by atoms with Gasteiger partial charge in [-0.1, -0.05) is 5.92 Å². The standard InChI is InChI=1S/C14H10FN3O2.C5H9NO2/c1-2-8-3-4-10(15)11(5-8)18-12-7-20-6-9(12)13(17-18)14(16)19;1-6-3-2-4(7)5(6)8/h1,3-5H,6-7H2,(H2,16,19);4,7H,2-3H2,1H3/t;4-/m.0/s1. The number of aliphatic hydroxyl groups is 1. The largest absolute Gasteiger partial charge is 0.383 e. The molecule has 0 radical (unpaired) electrons. The fourth-order valence-electron chi connectivity index (χ4n) is 3.00. The number of fused-ring (bicyclic) bond motifs is 1. The molecule has 0 spiro atoms. The molecule has 8 nitrogen and oxygen atoms in total. The van der Waals surface area contributed by atoms with E-state index in [2.05, 4.69) is 11.0 Å². The summed E-state index contributed by atoms with van der Waals surface area (Å²) in [6.07, 6.45) is 5.18. The minimum absolute atomic E-state index is 0.100. The number of ether oxygens (including phenoxy) is 1. The fraction of sp³-hybridized carbons (Fsp3) is 0.316. The van der Waals surface area contributed by atoms with Gasteiger partial charge in [-0.15, -0.1) is 6.42 Å². The minimum atomic E-state index is -0.722. The van der Waals surface area contributed by atoms with Gasteiger partial charge in [-0.05, 0) is 24.6 Å². The van der Waals surface area contributed by atoms with Crippen LogP contribution in [0, 0.1) is 18.2 Å². The van der Waals surface area contributed by atoms with Crippen molar-refractivity contribution in [2.75, 3.05) is 13.6 Å². The highest BCUT2D eigenvalue weighted by atomic mass is 19.1. The van der Waals surface area contributed by atoms with Gasteiger partial charge in [0.2, 0.25) is 0 Å². The number of benzene rings is 1. The summed E-state index contributed by atoms with van der Waals surface area (Å²) in [5.41, 5.74) is 7.29. The molecule has 1 atom stereocenters. The van der Waals surface area contributed by atoms with Gasteiger partial charge >= 0.3 is 0 Å². The van der Waals surface area contributed by atoms with E-state index in [0.29, 0.717) is 29.8 Å². The minimum Gasteiger partial charge on any atom is -0.383 e. The van der Waals surface area contributed by atoms with Crippen molar-refractivity contribution in [2.45, 2.75) is 25.7 Å². The molecule has 3 heterocycles. The van der Waals surface area contributed by atoms with Crippen molar-refractivity contribution < 1.29 is 23.8 Å². The Morgan fingerprint density at radius 2 is 2.21 bits per heavy atom. The predicted molar refractivity (Wildman–Crippen MR) is 96.7 cm³/mol. The molecule has 0 saturated carbocycles. The molecule has 0 aliphatic carbocycles. The molecular weight excluding hydrogens is 367 g/mol. The zero-order chi connectivity index (χ0) is 20.4. The number of terminal acetylenes is 1. The Balaban J connectivity index is 0.000000236. The number of hydrogen-bond donors (Lipinski definition) is 2. The van der Waals surface area contributed by atoms with E-state index in [1.165, 1.54) is 27.8 Å². The van der Waals surface area contributed by atoms with Crippen molar-refractivity contribution in [3.63, 3.8) is 0 Å². The van der Waals surface area contributed by atoms with Crippen molar-refractivity contribution in [1.29, 1.82) is 0 Å². The second kappa shape index (κ2) is 7.80. The molecule has 2 aliphatic heterocycles. The summed E-state index contributed by atoms with van der Waals surface area (Å²) in [6, 6.07) is 4.25. The summed E-state index contributed by atoms with van der Waals surface area (Å²) in [5, 5.41) is 12.9. The summed E-state index contributed by atoms with van der Waals surface area (Å²) in [5.74, 6) is 1.13. The lowest BCUT2D eigenvalue weighted by Crippen LogP contribution is -2.24. The number of aliphatic hydroxyl groups excluding tert-OH is 1. The van der Waals surface area contributed by atoms with E-state index >= 15 is 0 Å². The number of halogens is 1. The molecule has 1 aromatic carbocycles. The van der Waals surface area contributed by atoms with Gasteiger partial charge in [0, 0.05) is 24.7 Å². The van der Waals surface area contributed by atoms with E-state index in [4.69, 9.17) is 22.0 Å². The number of amides is 2. The number of likely N-dealkylation sites (tertiary alicyclic amines) is 1. The van der Waals surface area contributed by atoms with Gasteiger partial charge in [-0.25, -0.2) is 9.07 Å². The molecule has 2 aliphatic rings. The van der Waals surface area contributed by atoms with Gasteiger partial charge in [-0.3, -0.25) is 9.59 Å². The van der Waals surface area contributed by atoms with Gasteiger partial charge < -0.3 is 20.5 Å². The Hall–Kier alpha value is -3.22. The highest BCUT2D eigenvalue weighted by Crippen LogP contribution is 2.27. The van der Waals surface area contributed by atoms with E-state index in [1.807, 2.05) is 0 Å². The first-order valence-corrected chi connectivity index (χ1v) is 8.51. The van der Waals surface area contributed by atoms with Crippen molar-refractivity contribution in [2.24, 2.45) is 5.73 Å². The average Bonchev–Trinajstić information content (AvgIpc) is 3.35. The Labute approximate surface area is 160 Å². The van der Waals surface area contributed by atoms with Crippen molar-refractivity contribution in [3.05, 3.63) is 46.5 Å². The maximum atomic E-state index is 14.0. The number of carbonyl (C=O) groups excluding carboxylic acids is 2. The first-order valence-electron chi connectivity index (χ1n) is 8.51. The lowest BCUT2D eigenvalue weighted by molar-refractivity contribution is -0.133. The molecule has 3 N–H and O–H groups in total. The first kappa shape index (κ1) is 19.5. The molecule has 2 amide bonds. The molecule has 1 saturated heterocycles. The third-order valence-corrected chi connectivity index (χ3v) is 4.55. The Morgan fingerprint density at radius 3 is 2.75 bits per heavy atom. The van der Waals surface area contributed by atoms with Crippen LogP contribution in [-0.2, 0) is 22.7 Å². The molecule has 146 valence electrons. The molecule has 2 aromatic rings. The fourth-order valence-corrected chi connectivity index (χ4v) is 3.00. The highest BCUT2D eigenvalue weighted by Gasteiger charge is 2.27. The quantitative estimate of drug-likeness (QED) is 0.723. The van der Waals surface area contributed by atoms with Crippen LogP contribution in [0.15, 0.2) is 18.2 Å². The first-order chi connectivity index (χ1) is 13.3. The molecule has 0 bridgehead atoms. The predicted octanol–water partition coefficient (Wildman–Crippen LogP) is 0.331. The van der Waals surface area contributed by atoms with Crippen LogP contribution in [0.1, 0.15) is 33.7 Å². The molecule has 0 unspecified atom stereocenters. The molecule has 9 heteroatoms. The van der Waals surface area contributed by atoms with Gasteiger partial charge in [0.05, 0.1) is 18.9 Å². The van der Waals surface area contributed by atoms with Crippen LogP contribution in [0.4, 0.5) is 4.39 Å². The molecular formula is C19H19FN4O4. The smallest absolute Gasteiger partial charge is 0.269 e. The van der Waals surface area contributed by atoms with Crippen LogP contribution in [0.5, 0.6) is 0 Å². The lowest BCUT2D eigenvalue weighted by Gasteiger charge is -2.07. The van der Waals surface area contributed by atoms with Crippen LogP contribution in [0.3, 0.4) is 0 Å². The van der Waals surface area contributed by atoms with Crippen molar-refractivity contribution in [3.8, 4) is 18.0 Å². The summed E-state index contributed by atoms with van der Waals surface area (Å²) < 4.78 is 20.6. The summed E-state index contributed by atoms with van der Waals surface area (Å²) in [7, 11) is 1.69. The molecule has 4 rings (SSSR count). The second-order valence-corrected chi connectivity index (χ2v) is 6.42. The van der Waals surface area contributed by atoms with Crippen LogP contribution >= 0.6 is 0 Å². The highest BCUT2D eigenvalue weighted by molar-refractivity contribution is 5.92. The number of carbonyl (C=O) groups is 2. The van der Waals surface area contributed by atoms with Gasteiger partial charge in [-0.2, -0.15) is 5.10 Å². The zero-order valence-corrected chi connectivity index (χ0v) is 15.2. The number of nitrogens with two attached hydrogens (primary N) is 1. The number of nitrogens with zero attached hydrogens (tertiary/aromatic N) is 3. The number of rotatable bonds is 2. The van der Waals surface area contributed by atoms with Crippen LogP contribution < -0.4 is 5.73 Å². The van der Waals surface area contributed by atoms with Gasteiger partial charge in [0.25, 0.3) is 11.8 Å². The topological polar surface area (TPSA) is 111 Å². The van der Waals surface area contributed by atoms with Crippen LogP contribution in [0.25, 0.3) is 5.69 Å². The van der Waals surface area contributed by atoms with Gasteiger partial charge in [0.1, 0.15) is 17.6 Å². The van der Waals surface area contributed by atoms with Gasteiger partial charge in [0.15, 0.2) is 5.69 Å². The lowest BCUT2D eigenvalue weighted by atomic mass is 10.2. The third kappa shape index (κ3) is 3.60. The van der Waals surface area contributed by atoms with Crippen molar-refractivity contribution in [1.82, 2.24) is 14.7 Å². The molecule has 28 heavy (non-hydrogen) atoms. The number of hydrogen-bond acceptors (Lipinski definition) is 5. The normalized spacial score (nSPS) is 17.7. The van der Waals surface area contributed by atoms with E-state index < -0.39 is 17.8 Å². The SMILES string of the molecule is C#Cc1ccc(F)c(-n2nc(C(N)=O)c3c2COC3)c1.CN1CC[C@H](O)C1=O. The second-order valence-electron chi connectivity index (χ2n) is 6.42. The molecule has 1 fully saturated rings. The zero-order valence-electron chi connectivity index (χ0n) is 15.2. The molecule has 1 aromatic heterocycles. The van der Waals surface area contributed by atoms with E-state index in [1.54, 1.807) is 7.05 Å². The number of primary amides is 1. The van der Waals surface area contributed by atoms with E-state index in [-0.39, 0.29) is 30.5 Å². The third-order valence-electron chi connectivity index (χ3n) is 4.55. The summed E-state index contributed by atoms with van der Waals surface area (Å²) in [4.78, 5) is 23.5. The summed E-state index contributed by atoms with van der Waals surface area (Å²) >= 11 is 0. The van der Waals surface area contributed by atoms with E-state index in [9.17, 15) is 14.0 Å². The summed E-state index contributed by atoms with van der Waals surface area (Å²) in [6.45, 7) is 1.18. The van der Waals surface area contributed by atoms with Crippen LogP contribution in [-0.4, -0.2) is 51.3 Å². The number of likely N-dealkylation sites (N-methyl/N-ethyl adjacent to an activating group) is 1. The average molecular weight is 386 g/mol.